The van der Waals surface area contributed by atoms with Crippen LogP contribution < -0.4 is 10.2 Å². The first-order chi connectivity index (χ1) is 9.78. The number of anilines is 1. The molecule has 106 valence electrons. The Morgan fingerprint density at radius 1 is 1.35 bits per heavy atom. The van der Waals surface area contributed by atoms with Gasteiger partial charge in [0.25, 0.3) is 0 Å². The summed E-state index contributed by atoms with van der Waals surface area (Å²) in [5.74, 6) is 1.68. The maximum Gasteiger partial charge on any atom is 0.148 e. The molecule has 0 radical (unpaired) electrons. The van der Waals surface area contributed by atoms with Crippen molar-refractivity contribution in [1.82, 2.24) is 10.3 Å². The number of nitrogens with one attached hydrogen (secondary N) is 1. The minimum absolute atomic E-state index is 0.486. The van der Waals surface area contributed by atoms with Crippen LogP contribution >= 0.6 is 11.6 Å². The molecule has 3 rings (SSSR count). The Balaban J connectivity index is 1.58. The lowest BCUT2D eigenvalue weighted by molar-refractivity contribution is 0.407. The second kappa shape index (κ2) is 5.99. The molecule has 1 aliphatic carbocycles. The molecule has 2 heterocycles. The molecule has 1 aromatic rings. The molecule has 1 aromatic heterocycles. The van der Waals surface area contributed by atoms with Gasteiger partial charge in [0.1, 0.15) is 16.9 Å². The van der Waals surface area contributed by atoms with Gasteiger partial charge in [-0.2, -0.15) is 5.26 Å². The van der Waals surface area contributed by atoms with E-state index in [4.69, 9.17) is 16.9 Å². The van der Waals surface area contributed by atoms with Crippen molar-refractivity contribution >= 4 is 17.4 Å². The van der Waals surface area contributed by atoms with E-state index in [-0.39, 0.29) is 0 Å². The molecule has 0 amide bonds. The molecule has 0 bridgehead atoms. The maximum absolute atomic E-state index is 9.02. The maximum atomic E-state index is 9.02. The molecule has 1 N–H and O–H groups in total. The Labute approximate surface area is 124 Å². The summed E-state index contributed by atoms with van der Waals surface area (Å²) in [6.45, 7) is 3.07. The summed E-state index contributed by atoms with van der Waals surface area (Å²) in [4.78, 5) is 6.54. The quantitative estimate of drug-likeness (QED) is 0.926. The smallest absolute Gasteiger partial charge is 0.148 e. The SMILES string of the molecule is N#Cc1ccnc(N2CCC(NCC3CC3)CC2)c1Cl. The van der Waals surface area contributed by atoms with Gasteiger partial charge in [-0.3, -0.25) is 0 Å². The fourth-order valence-electron chi connectivity index (χ4n) is 2.69. The molecule has 0 aromatic carbocycles. The highest BCUT2D eigenvalue weighted by atomic mass is 35.5. The van der Waals surface area contributed by atoms with Crippen LogP contribution in [-0.2, 0) is 0 Å². The molecule has 0 atom stereocenters. The Kier molecular flexibility index (Phi) is 4.09. The monoisotopic (exact) mass is 290 g/mol. The second-order valence-electron chi connectivity index (χ2n) is 5.72. The summed E-state index contributed by atoms with van der Waals surface area (Å²) < 4.78 is 0. The van der Waals surface area contributed by atoms with Crippen molar-refractivity contribution in [2.75, 3.05) is 24.5 Å². The summed E-state index contributed by atoms with van der Waals surface area (Å²) in [6, 6.07) is 4.39. The molecule has 2 aliphatic rings. The van der Waals surface area contributed by atoms with E-state index in [2.05, 4.69) is 21.3 Å². The number of hydrogen-bond donors (Lipinski definition) is 1. The third kappa shape index (κ3) is 3.05. The zero-order valence-corrected chi connectivity index (χ0v) is 12.2. The number of rotatable bonds is 4. The molecule has 1 saturated carbocycles. The fraction of sp³-hybridized carbons (Fsp3) is 0.600. The topological polar surface area (TPSA) is 52.0 Å². The minimum atomic E-state index is 0.486. The summed E-state index contributed by atoms with van der Waals surface area (Å²) in [5, 5.41) is 13.2. The second-order valence-corrected chi connectivity index (χ2v) is 6.10. The highest BCUT2D eigenvalue weighted by Crippen LogP contribution is 2.30. The number of hydrogen-bond acceptors (Lipinski definition) is 4. The number of aromatic nitrogens is 1. The molecular formula is C15H19ClN4. The minimum Gasteiger partial charge on any atom is -0.355 e. The van der Waals surface area contributed by atoms with Crippen LogP contribution in [0.5, 0.6) is 0 Å². The lowest BCUT2D eigenvalue weighted by atomic mass is 10.0. The van der Waals surface area contributed by atoms with Crippen LogP contribution in [-0.4, -0.2) is 30.7 Å². The van der Waals surface area contributed by atoms with Crippen LogP contribution in [0.25, 0.3) is 0 Å². The summed E-state index contributed by atoms with van der Waals surface area (Å²) in [6.07, 6.45) is 6.68. The molecule has 20 heavy (non-hydrogen) atoms. The molecule has 0 spiro atoms. The first kappa shape index (κ1) is 13.7. The molecule has 0 unspecified atom stereocenters. The Morgan fingerprint density at radius 2 is 2.10 bits per heavy atom. The molecule has 5 heteroatoms. The third-order valence-electron chi connectivity index (χ3n) is 4.18. The van der Waals surface area contributed by atoms with Crippen LogP contribution in [0.15, 0.2) is 12.3 Å². The van der Waals surface area contributed by atoms with E-state index in [9.17, 15) is 0 Å². The Bertz CT molecular complexity index is 513. The lowest BCUT2D eigenvalue weighted by Crippen LogP contribution is -2.43. The largest absolute Gasteiger partial charge is 0.355 e. The first-order valence-corrected chi connectivity index (χ1v) is 7.68. The lowest BCUT2D eigenvalue weighted by Gasteiger charge is -2.33. The average Bonchev–Trinajstić information content (AvgIpc) is 3.30. The van der Waals surface area contributed by atoms with Crippen LogP contribution in [0.3, 0.4) is 0 Å². The zero-order chi connectivity index (χ0) is 13.9. The van der Waals surface area contributed by atoms with E-state index < -0.39 is 0 Å². The highest BCUT2D eigenvalue weighted by molar-refractivity contribution is 6.34. The number of nitriles is 1. The number of pyridine rings is 1. The van der Waals surface area contributed by atoms with E-state index in [0.717, 1.165) is 37.7 Å². The molecule has 4 nitrogen and oxygen atoms in total. The first-order valence-electron chi connectivity index (χ1n) is 7.31. The van der Waals surface area contributed by atoms with Crippen molar-refractivity contribution < 1.29 is 0 Å². The third-order valence-corrected chi connectivity index (χ3v) is 4.55. The van der Waals surface area contributed by atoms with Gasteiger partial charge in [-0.25, -0.2) is 4.98 Å². The molecule has 1 aliphatic heterocycles. The van der Waals surface area contributed by atoms with Crippen LogP contribution in [0.2, 0.25) is 5.02 Å². The number of halogens is 1. The van der Waals surface area contributed by atoms with E-state index in [1.54, 1.807) is 12.3 Å². The standard InChI is InChI=1S/C15H19ClN4/c16-14-12(9-17)3-6-18-15(14)20-7-4-13(5-8-20)19-10-11-1-2-11/h3,6,11,13,19H,1-2,4-5,7-8,10H2. The average molecular weight is 291 g/mol. The summed E-state index contributed by atoms with van der Waals surface area (Å²) >= 11 is 6.25. The van der Waals surface area contributed by atoms with Crippen LogP contribution in [0, 0.1) is 17.2 Å². The molecule has 2 fully saturated rings. The summed E-state index contributed by atoms with van der Waals surface area (Å²) in [7, 11) is 0. The van der Waals surface area contributed by atoms with Gasteiger partial charge in [-0.05, 0) is 44.2 Å². The molecule has 1 saturated heterocycles. The number of piperidine rings is 1. The van der Waals surface area contributed by atoms with Gasteiger partial charge < -0.3 is 10.2 Å². The van der Waals surface area contributed by atoms with Crippen molar-refractivity contribution in [3.05, 3.63) is 22.8 Å². The van der Waals surface area contributed by atoms with Gasteiger partial charge in [0.05, 0.1) is 5.56 Å². The van der Waals surface area contributed by atoms with Gasteiger partial charge in [0.2, 0.25) is 0 Å². The van der Waals surface area contributed by atoms with Gasteiger partial charge in [0.15, 0.2) is 0 Å². The van der Waals surface area contributed by atoms with E-state index >= 15 is 0 Å². The Hall–Kier alpha value is -1.31. The van der Waals surface area contributed by atoms with Gasteiger partial charge in [-0.1, -0.05) is 11.6 Å². The molecular weight excluding hydrogens is 272 g/mol. The van der Waals surface area contributed by atoms with Crippen LogP contribution in [0.4, 0.5) is 5.82 Å². The van der Waals surface area contributed by atoms with Gasteiger partial charge in [0, 0.05) is 25.3 Å². The number of nitrogens with zero attached hydrogens (tertiary/aromatic N) is 3. The summed E-state index contributed by atoms with van der Waals surface area (Å²) in [5.41, 5.74) is 0.505. The van der Waals surface area contributed by atoms with Crippen molar-refractivity contribution in [2.24, 2.45) is 5.92 Å². The highest BCUT2D eigenvalue weighted by Gasteiger charge is 2.25. The van der Waals surface area contributed by atoms with Crippen molar-refractivity contribution in [1.29, 1.82) is 5.26 Å². The zero-order valence-electron chi connectivity index (χ0n) is 11.5. The normalized spacial score (nSPS) is 19.9. The van der Waals surface area contributed by atoms with Gasteiger partial charge >= 0.3 is 0 Å². The van der Waals surface area contributed by atoms with E-state index in [0.29, 0.717) is 16.6 Å². The Morgan fingerprint density at radius 3 is 2.75 bits per heavy atom. The van der Waals surface area contributed by atoms with E-state index in [1.807, 2.05) is 0 Å². The van der Waals surface area contributed by atoms with Crippen LogP contribution in [0.1, 0.15) is 31.2 Å². The predicted octanol–water partition coefficient (Wildman–Crippen LogP) is 2.58. The predicted molar refractivity (Wildman–Crippen MR) is 79.9 cm³/mol. The van der Waals surface area contributed by atoms with Crippen molar-refractivity contribution in [3.63, 3.8) is 0 Å². The van der Waals surface area contributed by atoms with Gasteiger partial charge in [-0.15, -0.1) is 0 Å². The van der Waals surface area contributed by atoms with Crippen molar-refractivity contribution in [3.8, 4) is 6.07 Å². The van der Waals surface area contributed by atoms with Crippen molar-refractivity contribution in [2.45, 2.75) is 31.7 Å². The van der Waals surface area contributed by atoms with E-state index in [1.165, 1.54) is 19.4 Å². The fourth-order valence-corrected chi connectivity index (χ4v) is 2.96.